The van der Waals surface area contributed by atoms with Crippen LogP contribution in [0.4, 0.5) is 39.5 Å². The highest BCUT2D eigenvalue weighted by Crippen LogP contribution is 2.41. The number of pyridine rings is 1. The number of anilines is 3. The number of hydrogen-bond acceptors (Lipinski definition) is 8. The van der Waals surface area contributed by atoms with Gasteiger partial charge in [0.1, 0.15) is 24.3 Å². The highest BCUT2D eigenvalue weighted by Gasteiger charge is 2.51. The molecule has 1 N–H and O–H groups in total. The number of benzene rings is 2. The van der Waals surface area contributed by atoms with Crippen molar-refractivity contribution in [3.05, 3.63) is 83.3 Å². The third-order valence-corrected chi connectivity index (χ3v) is 10.4. The van der Waals surface area contributed by atoms with Gasteiger partial charge in [-0.1, -0.05) is 36.4 Å². The van der Waals surface area contributed by atoms with Gasteiger partial charge in [-0.3, -0.25) is 24.3 Å². The Balaban J connectivity index is 1.11. The summed E-state index contributed by atoms with van der Waals surface area (Å²) in [4.78, 5) is 53.3. The average Bonchev–Trinajstić information content (AvgIpc) is 3.41. The number of rotatable bonds is 6. The first-order valence-corrected chi connectivity index (χ1v) is 16.9. The molecular weight excluding hydrogens is 670 g/mol. The molecule has 3 fully saturated rings. The summed E-state index contributed by atoms with van der Waals surface area (Å²) in [5, 5.41) is 3.29. The number of ether oxygens (including phenoxy) is 1. The zero-order chi connectivity index (χ0) is 36.1. The summed E-state index contributed by atoms with van der Waals surface area (Å²) < 4.78 is 62.7. The van der Waals surface area contributed by atoms with Crippen LogP contribution in [0.25, 0.3) is 0 Å². The minimum atomic E-state index is -4.68. The van der Waals surface area contributed by atoms with Crippen LogP contribution in [0.2, 0.25) is 0 Å². The molecule has 1 spiro atoms. The van der Waals surface area contributed by atoms with Gasteiger partial charge in [-0.2, -0.15) is 13.2 Å². The summed E-state index contributed by atoms with van der Waals surface area (Å²) in [5.41, 5.74) is 0.0310. The van der Waals surface area contributed by atoms with Crippen LogP contribution in [-0.2, 0) is 27.1 Å². The van der Waals surface area contributed by atoms with Crippen molar-refractivity contribution in [3.8, 4) is 0 Å². The molecule has 15 heteroatoms. The Kier molecular flexibility index (Phi) is 9.12. The number of aryl methyl sites for hydroxylation is 1. The zero-order valence-corrected chi connectivity index (χ0v) is 28.3. The van der Waals surface area contributed by atoms with E-state index in [1.165, 1.54) is 31.0 Å². The van der Waals surface area contributed by atoms with E-state index in [4.69, 9.17) is 4.74 Å². The molecule has 0 unspecified atom stereocenters. The van der Waals surface area contributed by atoms with Gasteiger partial charge < -0.3 is 19.9 Å². The van der Waals surface area contributed by atoms with E-state index < -0.39 is 46.9 Å². The normalized spacial score (nSPS) is 22.0. The number of likely N-dealkylation sites (N-methyl/N-ethyl adjacent to an activating group) is 1. The van der Waals surface area contributed by atoms with Crippen molar-refractivity contribution in [2.75, 3.05) is 74.1 Å². The summed E-state index contributed by atoms with van der Waals surface area (Å²) >= 11 is 0. The third-order valence-electron chi connectivity index (χ3n) is 10.4. The fourth-order valence-corrected chi connectivity index (χ4v) is 7.78. The lowest BCUT2D eigenvalue weighted by Crippen LogP contribution is -2.77. The fourth-order valence-electron chi connectivity index (χ4n) is 7.78. The number of alkyl halides is 3. The predicted molar refractivity (Wildman–Crippen MR) is 181 cm³/mol. The van der Waals surface area contributed by atoms with E-state index in [1.807, 2.05) is 35.2 Å². The molecule has 0 aliphatic carbocycles. The lowest BCUT2D eigenvalue weighted by molar-refractivity contribution is -0.137. The Morgan fingerprint density at radius 1 is 1.04 bits per heavy atom. The van der Waals surface area contributed by atoms with Crippen LogP contribution in [-0.4, -0.2) is 104 Å². The molecule has 4 aliphatic rings. The van der Waals surface area contributed by atoms with E-state index in [2.05, 4.69) is 15.2 Å². The largest absolute Gasteiger partial charge is 0.445 e. The molecule has 2 atom stereocenters. The summed E-state index contributed by atoms with van der Waals surface area (Å²) in [7, 11) is 1.48. The Hall–Kier alpha value is -4.76. The van der Waals surface area contributed by atoms with Gasteiger partial charge >= 0.3 is 12.3 Å². The van der Waals surface area contributed by atoms with Gasteiger partial charge in [0.05, 0.1) is 22.5 Å². The summed E-state index contributed by atoms with van der Waals surface area (Å²) in [6.07, 6.45) is -5.18. The summed E-state index contributed by atoms with van der Waals surface area (Å²) in [6, 6.07) is 14.5. The highest BCUT2D eigenvalue weighted by molar-refractivity contribution is 6.10. The number of nitrogens with one attached hydrogen (secondary N) is 1. The molecule has 270 valence electrons. The van der Waals surface area contributed by atoms with E-state index in [0.29, 0.717) is 45.8 Å². The number of hydrogen-bond donors (Lipinski definition) is 1. The number of carbonyl (C=O) groups excluding carboxylic acids is 3. The second kappa shape index (κ2) is 13.4. The summed E-state index contributed by atoms with van der Waals surface area (Å²) in [5.74, 6) is -2.50. The zero-order valence-electron chi connectivity index (χ0n) is 28.3. The minimum Gasteiger partial charge on any atom is -0.445 e. The molecule has 4 aliphatic heterocycles. The average molecular weight is 710 g/mol. The molecule has 5 heterocycles. The fraction of sp³-hybridized carbons (Fsp3) is 0.444. The van der Waals surface area contributed by atoms with Gasteiger partial charge in [0.25, 0.3) is 0 Å². The van der Waals surface area contributed by atoms with Gasteiger partial charge in [-0.15, -0.1) is 0 Å². The number of aromatic nitrogens is 1. The maximum absolute atomic E-state index is 15.7. The van der Waals surface area contributed by atoms with Crippen molar-refractivity contribution in [2.24, 2.45) is 5.92 Å². The first-order valence-electron chi connectivity index (χ1n) is 16.9. The summed E-state index contributed by atoms with van der Waals surface area (Å²) in [6.45, 7) is 5.26. The number of fused-ring (bicyclic) bond motifs is 2. The SMILES string of the molecule is Cc1cc(C(F)(F)F)cc(N2C(=O)C[C@@H]3CN(CCN4CCN(C(=O)OCc5ccccc5)C5(CNC5)C4)c4c(F)cccc4N(C)C(=O)[C@H]32)n1. The van der Waals surface area contributed by atoms with E-state index >= 15 is 4.39 Å². The first kappa shape index (κ1) is 34.7. The Labute approximate surface area is 292 Å². The van der Waals surface area contributed by atoms with Gasteiger partial charge in [0, 0.05) is 77.4 Å². The molecule has 3 aromatic rings. The van der Waals surface area contributed by atoms with Crippen LogP contribution in [0.5, 0.6) is 0 Å². The highest BCUT2D eigenvalue weighted by atomic mass is 19.4. The molecular formula is C36H39F4N7O4. The van der Waals surface area contributed by atoms with Gasteiger partial charge in [-0.05, 0) is 36.8 Å². The number of amides is 3. The predicted octanol–water partition coefficient (Wildman–Crippen LogP) is 4.05. The minimum absolute atomic E-state index is 0.0563. The van der Waals surface area contributed by atoms with E-state index in [1.54, 1.807) is 11.0 Å². The third kappa shape index (κ3) is 6.60. The van der Waals surface area contributed by atoms with Crippen molar-refractivity contribution >= 4 is 35.1 Å². The molecule has 3 amide bonds. The van der Waals surface area contributed by atoms with Gasteiger partial charge in [-0.25, -0.2) is 14.2 Å². The van der Waals surface area contributed by atoms with Crippen molar-refractivity contribution in [2.45, 2.75) is 37.7 Å². The number of nitrogens with zero attached hydrogens (tertiary/aromatic N) is 6. The first-order chi connectivity index (χ1) is 24.3. The van der Waals surface area contributed by atoms with Crippen molar-refractivity contribution in [1.82, 2.24) is 20.1 Å². The molecule has 11 nitrogen and oxygen atoms in total. The molecule has 7 rings (SSSR count). The van der Waals surface area contributed by atoms with Gasteiger partial charge in [0.15, 0.2) is 0 Å². The monoisotopic (exact) mass is 709 g/mol. The maximum atomic E-state index is 15.7. The second-order valence-electron chi connectivity index (χ2n) is 13.8. The van der Waals surface area contributed by atoms with E-state index in [0.717, 1.165) is 22.6 Å². The smallest absolute Gasteiger partial charge is 0.416 e. The molecule has 0 bridgehead atoms. The Bertz CT molecular complexity index is 1820. The van der Waals surface area contributed by atoms with Crippen LogP contribution in [0.1, 0.15) is 23.2 Å². The second-order valence-corrected chi connectivity index (χ2v) is 13.8. The quantitative estimate of drug-likeness (QED) is 0.383. The standard InChI is InChI=1S/C36H39F4N7O4/c1-23-15-26(36(38,39)40)17-29(42-23)47-30(48)16-25-18-45(32-27(37)9-6-10-28(32)43(2)33(49)31(25)47)13-11-44-12-14-46(35(22-44)20-41-21-35)34(50)51-19-24-7-4-3-5-8-24/h3-10,15,17,25,31,41H,11-14,16,18-22H2,1-2H3/t25-,31+/m1/s1. The van der Waals surface area contributed by atoms with Crippen LogP contribution >= 0.6 is 0 Å². The van der Waals surface area contributed by atoms with Crippen LogP contribution < -0.4 is 20.0 Å². The van der Waals surface area contributed by atoms with Crippen LogP contribution in [0.15, 0.2) is 60.7 Å². The molecule has 1 aromatic heterocycles. The molecule has 2 aromatic carbocycles. The van der Waals surface area contributed by atoms with E-state index in [-0.39, 0.29) is 48.6 Å². The van der Waals surface area contributed by atoms with Crippen molar-refractivity contribution < 1.29 is 36.7 Å². The Morgan fingerprint density at radius 3 is 2.51 bits per heavy atom. The molecule has 3 saturated heterocycles. The number of piperazine rings is 1. The topological polar surface area (TPSA) is 102 Å². The lowest BCUT2D eigenvalue weighted by atomic mass is 9.87. The molecule has 51 heavy (non-hydrogen) atoms. The lowest BCUT2D eigenvalue weighted by Gasteiger charge is -2.55. The number of para-hydroxylation sites is 1. The van der Waals surface area contributed by atoms with E-state index in [9.17, 15) is 27.6 Å². The van der Waals surface area contributed by atoms with Crippen molar-refractivity contribution in [1.29, 1.82) is 0 Å². The van der Waals surface area contributed by atoms with Crippen molar-refractivity contribution in [3.63, 3.8) is 0 Å². The van der Waals surface area contributed by atoms with Gasteiger partial charge in [0.2, 0.25) is 11.8 Å². The maximum Gasteiger partial charge on any atom is 0.416 e. The molecule has 0 radical (unpaired) electrons. The number of halogens is 4. The Morgan fingerprint density at radius 2 is 1.80 bits per heavy atom. The molecule has 0 saturated carbocycles. The van der Waals surface area contributed by atoms with Crippen LogP contribution in [0.3, 0.4) is 0 Å². The van der Waals surface area contributed by atoms with Crippen LogP contribution in [0, 0.1) is 18.7 Å². The number of carbonyl (C=O) groups is 3.